The van der Waals surface area contributed by atoms with Crippen molar-refractivity contribution in [2.45, 2.75) is 37.8 Å². The first-order valence-corrected chi connectivity index (χ1v) is 15.5. The van der Waals surface area contributed by atoms with Crippen LogP contribution in [0.25, 0.3) is 11.5 Å². The summed E-state index contributed by atoms with van der Waals surface area (Å²) in [7, 11) is 7.89. The number of hydrogen-bond donors (Lipinski definition) is 0. The monoisotopic (exact) mass is 847 g/mol. The number of benzene rings is 4. The molecule has 12 nitrogen and oxygen atoms in total. The molecule has 0 saturated heterocycles. The zero-order valence-electron chi connectivity index (χ0n) is 28.0. The Morgan fingerprint density at radius 2 is 0.898 bits per heavy atom. The maximum atomic E-state index is 11.0. The summed E-state index contributed by atoms with van der Waals surface area (Å²) in [6, 6.07) is 28.3. The van der Waals surface area contributed by atoms with Gasteiger partial charge in [-0.1, -0.05) is 37.8 Å². The van der Waals surface area contributed by atoms with Crippen LogP contribution in [0.15, 0.2) is 118 Å². The molecule has 0 heterocycles. The molecule has 258 valence electrons. The summed E-state index contributed by atoms with van der Waals surface area (Å²) < 4.78 is 0. The van der Waals surface area contributed by atoms with Crippen molar-refractivity contribution in [3.8, 4) is 0 Å². The van der Waals surface area contributed by atoms with Crippen LogP contribution in [0.3, 0.4) is 0 Å². The molecule has 2 atom stereocenters. The Bertz CT molecular complexity index is 1550. The van der Waals surface area contributed by atoms with E-state index in [2.05, 4.69) is 20.5 Å². The van der Waals surface area contributed by atoms with Crippen LogP contribution in [0.2, 0.25) is 0 Å². The van der Waals surface area contributed by atoms with E-state index in [0.717, 1.165) is 35.6 Å². The Morgan fingerprint density at radius 3 is 1.18 bits per heavy atom. The van der Waals surface area contributed by atoms with E-state index in [4.69, 9.17) is 21.7 Å². The van der Waals surface area contributed by atoms with E-state index < -0.39 is 11.9 Å². The molecule has 0 bridgehead atoms. The van der Waals surface area contributed by atoms with E-state index in [1.54, 1.807) is 48.5 Å². The second kappa shape index (κ2) is 20.6. The van der Waals surface area contributed by atoms with Gasteiger partial charge in [-0.15, -0.1) is 0 Å². The van der Waals surface area contributed by atoms with Crippen molar-refractivity contribution in [2.75, 3.05) is 38.0 Å². The van der Waals surface area contributed by atoms with Crippen molar-refractivity contribution in [1.82, 2.24) is 0 Å². The quantitative estimate of drug-likeness (QED) is 0.127. The van der Waals surface area contributed by atoms with Crippen molar-refractivity contribution in [1.29, 1.82) is 0 Å². The third-order valence-electron chi connectivity index (χ3n) is 7.28. The van der Waals surface area contributed by atoms with Gasteiger partial charge in [-0.3, -0.25) is 0 Å². The fourth-order valence-electron chi connectivity index (χ4n) is 4.42. The molecule has 0 amide bonds. The predicted octanol–water partition coefficient (Wildman–Crippen LogP) is 8.47. The Balaban J connectivity index is 0.000000274. The zero-order valence-corrected chi connectivity index (χ0v) is 30.3. The standard InChI is InChI=1S/2C15H15N3O2.C6H12N2.Pt/c2*1-18(2)14-8-6-12(7-9-14)16-17-13-5-3-4-11(10-13)15(19)20;7-5-3-1-2-4-6(5)8;/h2*3-10H,1-2H3,(H,19,20);5-8H,1-4H2;/q;;-2;+4/p+2. The number of nitrogens with one attached hydrogen (secondary N) is 2. The van der Waals surface area contributed by atoms with E-state index >= 15 is 0 Å². The minimum absolute atomic E-state index is 0. The summed E-state index contributed by atoms with van der Waals surface area (Å²) in [5.74, 6) is -1.45. The number of rotatable bonds is 8. The average molecular weight is 848 g/mol. The first-order chi connectivity index (χ1) is 22.9. The molecule has 1 fully saturated rings. The normalized spacial score (nSPS) is 15.2. The summed E-state index contributed by atoms with van der Waals surface area (Å²) >= 11 is 0. The fraction of sp³-hybridized carbons (Fsp3) is 0.278. The fourth-order valence-corrected chi connectivity index (χ4v) is 4.42. The van der Waals surface area contributed by atoms with Gasteiger partial charge in [0.15, 0.2) is 0 Å². The number of hydrogen-bond acceptors (Lipinski definition) is 8. The Morgan fingerprint density at radius 1 is 0.571 bits per heavy atom. The van der Waals surface area contributed by atoms with E-state index in [1.807, 2.05) is 86.5 Å². The van der Waals surface area contributed by atoms with Crippen LogP contribution in [-0.2, 0) is 21.1 Å². The minimum atomic E-state index is -0.725. The van der Waals surface area contributed by atoms with Gasteiger partial charge in [0.1, 0.15) is 11.1 Å². The van der Waals surface area contributed by atoms with Crippen LogP contribution in [0.1, 0.15) is 46.4 Å². The predicted molar refractivity (Wildman–Crippen MR) is 193 cm³/mol. The molecule has 1 aliphatic carbocycles. The number of nitrogens with zero attached hydrogens (tertiary/aromatic N) is 6. The van der Waals surface area contributed by atoms with E-state index in [-0.39, 0.29) is 33.1 Å². The first kappa shape index (κ1) is 40.4. The molecule has 0 aliphatic heterocycles. The van der Waals surface area contributed by atoms with E-state index in [1.165, 1.54) is 12.8 Å². The number of carbonyl (C=O) groups is 2. The summed E-state index contributed by atoms with van der Waals surface area (Å²) in [5.41, 5.74) is 20.0. The molecule has 4 aromatic rings. The molecular weight excluding hydrogens is 804 g/mol. The van der Waals surface area contributed by atoms with Crippen LogP contribution in [0.5, 0.6) is 0 Å². The third-order valence-corrected chi connectivity index (χ3v) is 7.28. The van der Waals surface area contributed by atoms with Crippen LogP contribution >= 0.6 is 0 Å². The third kappa shape index (κ3) is 14.1. The average Bonchev–Trinajstić information content (AvgIpc) is 3.09. The molecule has 0 aromatic heterocycles. The molecule has 1 aliphatic rings. The van der Waals surface area contributed by atoms with Gasteiger partial charge in [0, 0.05) is 49.2 Å². The number of azo groups is 2. The van der Waals surface area contributed by atoms with Gasteiger partial charge in [-0.2, -0.15) is 32.5 Å². The smallest absolute Gasteiger partial charge is 0.676 e. The molecule has 2 unspecified atom stereocenters. The molecule has 4 aromatic carbocycles. The van der Waals surface area contributed by atoms with Crippen molar-refractivity contribution >= 4 is 46.1 Å². The van der Waals surface area contributed by atoms with Gasteiger partial charge in [0.25, 0.3) is 0 Å². The molecular formula is C36H44N8O4Pt+4. The first-order valence-electron chi connectivity index (χ1n) is 15.5. The summed E-state index contributed by atoms with van der Waals surface area (Å²) in [4.78, 5) is 25.9. The number of anilines is 2. The van der Waals surface area contributed by atoms with Crippen LogP contribution in [0, 0.1) is 0 Å². The Labute approximate surface area is 301 Å². The molecule has 1 saturated carbocycles. The van der Waals surface area contributed by atoms with Crippen molar-refractivity contribution in [3.05, 3.63) is 120 Å². The van der Waals surface area contributed by atoms with Crippen molar-refractivity contribution in [2.24, 2.45) is 20.5 Å². The van der Waals surface area contributed by atoms with E-state index in [0.29, 0.717) is 22.5 Å². The molecule has 49 heavy (non-hydrogen) atoms. The van der Waals surface area contributed by atoms with Crippen molar-refractivity contribution < 1.29 is 40.9 Å². The maximum Gasteiger partial charge on any atom is 4.00 e. The minimum Gasteiger partial charge on any atom is -0.676 e. The zero-order chi connectivity index (χ0) is 35.1. The van der Waals surface area contributed by atoms with Gasteiger partial charge < -0.3 is 31.5 Å². The topological polar surface area (TPSA) is 183 Å². The summed E-state index contributed by atoms with van der Waals surface area (Å²) in [5, 5.41) is 30.5. The Hall–Kier alpha value is -4.77. The molecule has 5 rings (SSSR count). The molecule has 13 heteroatoms. The molecule has 0 radical (unpaired) electrons. The second-order valence-electron chi connectivity index (χ2n) is 11.5. The molecule has 0 spiro atoms. The summed E-state index contributed by atoms with van der Waals surface area (Å²) in [6.07, 6.45) is 4.25. The molecule has 6 N–H and O–H groups in total. The van der Waals surface area contributed by atoms with Crippen molar-refractivity contribution in [3.63, 3.8) is 0 Å². The van der Waals surface area contributed by atoms with E-state index in [9.17, 15) is 9.59 Å². The van der Waals surface area contributed by atoms with Crippen LogP contribution in [-0.4, -0.2) is 62.4 Å². The number of carbonyl (C=O) groups excluding carboxylic acids is 2. The maximum absolute atomic E-state index is 11.0. The largest absolute Gasteiger partial charge is 4.00 e. The van der Waals surface area contributed by atoms with Gasteiger partial charge in [-0.25, -0.2) is 0 Å². The van der Waals surface area contributed by atoms with Gasteiger partial charge >= 0.3 is 33.0 Å². The van der Waals surface area contributed by atoms with Gasteiger partial charge in [0.05, 0.1) is 22.7 Å². The summed E-state index contributed by atoms with van der Waals surface area (Å²) in [6.45, 7) is 0. The van der Waals surface area contributed by atoms with Crippen LogP contribution in [0.4, 0.5) is 34.1 Å². The van der Waals surface area contributed by atoms with Crippen LogP contribution < -0.4 is 9.80 Å². The van der Waals surface area contributed by atoms with Gasteiger partial charge in [0.2, 0.25) is 0 Å². The van der Waals surface area contributed by atoms with Gasteiger partial charge in [-0.05, 0) is 84.9 Å². The Kier molecular flexibility index (Phi) is 17.0. The SMILES string of the molecule is CN(C)c1ccc(N=Nc2cccc(C(=O)[OH2+])c2)cc1.CN(C)c1ccc(N=Nc2cccc(C(=O)[OH2+])c2)cc1.[NH-]C1CCCCC1[NH-].[Pt+4]. The second-order valence-corrected chi connectivity index (χ2v) is 11.5.